The number of anilines is 1. The standard InChI is InChI=1S/C22H27NO6S/c1-7-27-15-12-10-9-11-14(15)18(24)23-19-16(20(25)28-8-2)13(3)17(30-19)21(26)29-22(4,5)6/h9-12H,7-8H2,1-6H3,(H,23,24). The van der Waals surface area contributed by atoms with E-state index in [1.165, 1.54) is 0 Å². The molecule has 0 unspecified atom stereocenters. The lowest BCUT2D eigenvalue weighted by atomic mass is 10.1. The van der Waals surface area contributed by atoms with Crippen LogP contribution in [0.25, 0.3) is 0 Å². The summed E-state index contributed by atoms with van der Waals surface area (Å²) in [5.41, 5.74) is 0.169. The van der Waals surface area contributed by atoms with Gasteiger partial charge in [0.05, 0.1) is 24.3 Å². The van der Waals surface area contributed by atoms with Crippen LogP contribution in [0.2, 0.25) is 0 Å². The fourth-order valence-corrected chi connectivity index (χ4v) is 3.74. The maximum atomic E-state index is 12.9. The molecule has 0 radical (unpaired) electrons. The van der Waals surface area contributed by atoms with Gasteiger partial charge in [-0.05, 0) is 59.2 Å². The number of esters is 2. The Balaban J connectivity index is 2.45. The van der Waals surface area contributed by atoms with E-state index < -0.39 is 23.4 Å². The first-order valence-corrected chi connectivity index (χ1v) is 10.5. The van der Waals surface area contributed by atoms with Gasteiger partial charge in [0, 0.05) is 0 Å². The number of nitrogens with one attached hydrogen (secondary N) is 1. The van der Waals surface area contributed by atoms with Crippen molar-refractivity contribution in [2.24, 2.45) is 0 Å². The lowest BCUT2D eigenvalue weighted by Crippen LogP contribution is -2.23. The van der Waals surface area contributed by atoms with Crippen molar-refractivity contribution in [2.75, 3.05) is 18.5 Å². The highest BCUT2D eigenvalue weighted by molar-refractivity contribution is 7.18. The maximum absolute atomic E-state index is 12.9. The molecule has 1 heterocycles. The second-order valence-electron chi connectivity index (χ2n) is 7.37. The fraction of sp³-hybridized carbons (Fsp3) is 0.409. The molecule has 0 atom stereocenters. The topological polar surface area (TPSA) is 90.9 Å². The van der Waals surface area contributed by atoms with E-state index in [4.69, 9.17) is 14.2 Å². The van der Waals surface area contributed by atoms with Crippen molar-refractivity contribution in [2.45, 2.75) is 47.1 Å². The van der Waals surface area contributed by atoms with E-state index >= 15 is 0 Å². The Kier molecular flexibility index (Phi) is 7.61. The molecule has 0 fully saturated rings. The average Bonchev–Trinajstić information content (AvgIpc) is 2.97. The minimum Gasteiger partial charge on any atom is -0.493 e. The molecule has 0 spiro atoms. The quantitative estimate of drug-likeness (QED) is 0.629. The smallest absolute Gasteiger partial charge is 0.349 e. The number of para-hydroxylation sites is 1. The van der Waals surface area contributed by atoms with Crippen molar-refractivity contribution in [1.82, 2.24) is 0 Å². The second-order valence-corrected chi connectivity index (χ2v) is 8.39. The Hall–Kier alpha value is -2.87. The van der Waals surface area contributed by atoms with Gasteiger partial charge in [-0.1, -0.05) is 12.1 Å². The van der Waals surface area contributed by atoms with Crippen LogP contribution in [-0.2, 0) is 9.47 Å². The minimum absolute atomic E-state index is 0.143. The molecule has 162 valence electrons. The first-order valence-electron chi connectivity index (χ1n) is 9.66. The van der Waals surface area contributed by atoms with Crippen molar-refractivity contribution in [3.63, 3.8) is 0 Å². The van der Waals surface area contributed by atoms with E-state index in [-0.39, 0.29) is 22.0 Å². The van der Waals surface area contributed by atoms with Crippen molar-refractivity contribution in [1.29, 1.82) is 0 Å². The van der Waals surface area contributed by atoms with Crippen molar-refractivity contribution in [3.05, 3.63) is 45.8 Å². The Bertz CT molecular complexity index is 942. The third-order valence-corrected chi connectivity index (χ3v) is 5.06. The summed E-state index contributed by atoms with van der Waals surface area (Å²) in [6.07, 6.45) is 0. The van der Waals surface area contributed by atoms with E-state index in [2.05, 4.69) is 5.32 Å². The molecule has 1 N–H and O–H groups in total. The number of thiophene rings is 1. The lowest BCUT2D eigenvalue weighted by Gasteiger charge is -2.19. The number of rotatable bonds is 7. The molecule has 8 heteroatoms. The molecular weight excluding hydrogens is 406 g/mol. The molecule has 0 aliphatic heterocycles. The van der Waals surface area contributed by atoms with Gasteiger partial charge in [0.2, 0.25) is 0 Å². The number of hydrogen-bond acceptors (Lipinski definition) is 7. The van der Waals surface area contributed by atoms with Crippen molar-refractivity contribution < 1.29 is 28.6 Å². The molecule has 1 amide bonds. The van der Waals surface area contributed by atoms with Crippen LogP contribution in [0, 0.1) is 6.92 Å². The van der Waals surface area contributed by atoms with Crippen LogP contribution in [0.15, 0.2) is 24.3 Å². The lowest BCUT2D eigenvalue weighted by molar-refractivity contribution is 0.00744. The summed E-state index contributed by atoms with van der Waals surface area (Å²) in [6, 6.07) is 6.80. The van der Waals surface area contributed by atoms with Gasteiger partial charge in [-0.15, -0.1) is 11.3 Å². The summed E-state index contributed by atoms with van der Waals surface area (Å²) in [6.45, 7) is 11.0. The second kappa shape index (κ2) is 9.75. The minimum atomic E-state index is -0.697. The molecule has 7 nitrogen and oxygen atoms in total. The highest BCUT2D eigenvalue weighted by Crippen LogP contribution is 2.35. The zero-order valence-corrected chi connectivity index (χ0v) is 18.9. The number of benzene rings is 1. The first kappa shape index (κ1) is 23.4. The molecule has 2 rings (SSSR count). The molecule has 0 aliphatic rings. The summed E-state index contributed by atoms with van der Waals surface area (Å²) in [7, 11) is 0. The first-order chi connectivity index (χ1) is 14.1. The van der Waals surface area contributed by atoms with Crippen LogP contribution in [0.5, 0.6) is 5.75 Å². The number of ether oxygens (including phenoxy) is 3. The van der Waals surface area contributed by atoms with Crippen LogP contribution in [0.3, 0.4) is 0 Å². The molecule has 0 saturated carbocycles. The molecule has 0 bridgehead atoms. The summed E-state index contributed by atoms with van der Waals surface area (Å²) in [4.78, 5) is 38.3. The van der Waals surface area contributed by atoms with Crippen LogP contribution in [0.1, 0.15) is 70.6 Å². The van der Waals surface area contributed by atoms with E-state index in [1.54, 1.807) is 58.9 Å². The Morgan fingerprint density at radius 2 is 1.70 bits per heavy atom. The van der Waals surface area contributed by atoms with Crippen LogP contribution >= 0.6 is 11.3 Å². The molecule has 0 aliphatic carbocycles. The fourth-order valence-electron chi connectivity index (χ4n) is 2.68. The van der Waals surface area contributed by atoms with Gasteiger partial charge < -0.3 is 19.5 Å². The zero-order valence-electron chi connectivity index (χ0n) is 18.1. The van der Waals surface area contributed by atoms with Crippen molar-refractivity contribution in [3.8, 4) is 5.75 Å². The molecule has 0 saturated heterocycles. The van der Waals surface area contributed by atoms with Gasteiger partial charge >= 0.3 is 11.9 Å². The predicted octanol–water partition coefficient (Wildman–Crippen LogP) is 4.84. The monoisotopic (exact) mass is 433 g/mol. The van der Waals surface area contributed by atoms with Gasteiger partial charge in [0.15, 0.2) is 0 Å². The number of carbonyl (C=O) groups is 3. The summed E-state index contributed by atoms with van der Waals surface area (Å²) in [5.74, 6) is -1.21. The summed E-state index contributed by atoms with van der Waals surface area (Å²) in [5, 5.41) is 2.96. The Labute approximate surface area is 180 Å². The van der Waals surface area contributed by atoms with Gasteiger partial charge in [-0.2, -0.15) is 0 Å². The Morgan fingerprint density at radius 3 is 2.30 bits per heavy atom. The van der Waals surface area contributed by atoms with E-state index in [0.29, 0.717) is 23.5 Å². The number of amides is 1. The van der Waals surface area contributed by atoms with Crippen LogP contribution in [0.4, 0.5) is 5.00 Å². The molecule has 1 aromatic carbocycles. The molecule has 2 aromatic rings. The SMILES string of the molecule is CCOC(=O)c1c(NC(=O)c2ccccc2OCC)sc(C(=O)OC(C)(C)C)c1C. The van der Waals surface area contributed by atoms with E-state index in [1.807, 2.05) is 6.92 Å². The van der Waals surface area contributed by atoms with E-state index in [0.717, 1.165) is 11.3 Å². The number of carbonyl (C=O) groups excluding carboxylic acids is 3. The van der Waals surface area contributed by atoms with Crippen LogP contribution < -0.4 is 10.1 Å². The summed E-state index contributed by atoms with van der Waals surface area (Å²) < 4.78 is 16.1. The van der Waals surface area contributed by atoms with Crippen LogP contribution in [-0.4, -0.2) is 36.7 Å². The van der Waals surface area contributed by atoms with Gasteiger partial charge in [-0.25, -0.2) is 9.59 Å². The number of hydrogen-bond donors (Lipinski definition) is 1. The molecule has 30 heavy (non-hydrogen) atoms. The van der Waals surface area contributed by atoms with Gasteiger partial charge in [0.1, 0.15) is 21.2 Å². The summed E-state index contributed by atoms with van der Waals surface area (Å²) >= 11 is 0.983. The zero-order chi connectivity index (χ0) is 22.5. The third-order valence-electron chi connectivity index (χ3n) is 3.87. The Morgan fingerprint density at radius 1 is 1.03 bits per heavy atom. The van der Waals surface area contributed by atoms with Crippen molar-refractivity contribution >= 4 is 34.2 Å². The highest BCUT2D eigenvalue weighted by atomic mass is 32.1. The van der Waals surface area contributed by atoms with Gasteiger partial charge in [0.25, 0.3) is 5.91 Å². The predicted molar refractivity (Wildman–Crippen MR) is 116 cm³/mol. The molecular formula is C22H27NO6S. The average molecular weight is 434 g/mol. The van der Waals surface area contributed by atoms with Gasteiger partial charge in [-0.3, -0.25) is 4.79 Å². The van der Waals surface area contributed by atoms with E-state index in [9.17, 15) is 14.4 Å². The largest absolute Gasteiger partial charge is 0.493 e. The maximum Gasteiger partial charge on any atom is 0.349 e. The third kappa shape index (κ3) is 5.60. The normalized spacial score (nSPS) is 11.0. The highest BCUT2D eigenvalue weighted by Gasteiger charge is 2.29. The molecule has 1 aromatic heterocycles.